The summed E-state index contributed by atoms with van der Waals surface area (Å²) >= 11 is 6.08. The average Bonchev–Trinajstić information content (AvgIpc) is 3.25. The molecule has 3 aromatic carbocycles. The highest BCUT2D eigenvalue weighted by Gasteiger charge is 2.27. The molecule has 0 unspecified atom stereocenters. The predicted molar refractivity (Wildman–Crippen MR) is 142 cm³/mol. The standard InChI is InChI=1S/C29H26ClF2N3O2/c1-19-25(29(36)34-15-13-33(14-16-34)23-8-10-24(37-2)11-9-23)18-28(20-3-5-21(30)6-4-20)35(19)27-12-7-22(31)17-26(27)32/h3-12,17-18H,13-16H2,1-2H3. The number of carbonyl (C=O) groups excluding carboxylic acids is 1. The Morgan fingerprint density at radius 1 is 0.892 bits per heavy atom. The molecule has 0 radical (unpaired) electrons. The number of nitrogens with zero attached hydrogens (tertiary/aromatic N) is 3. The van der Waals surface area contributed by atoms with Gasteiger partial charge in [0.15, 0.2) is 0 Å². The number of piperazine rings is 1. The van der Waals surface area contributed by atoms with Gasteiger partial charge in [-0.2, -0.15) is 0 Å². The van der Waals surface area contributed by atoms with Crippen molar-refractivity contribution in [2.24, 2.45) is 0 Å². The molecular weight excluding hydrogens is 496 g/mol. The summed E-state index contributed by atoms with van der Waals surface area (Å²) in [5.41, 5.74) is 3.70. The fourth-order valence-electron chi connectivity index (χ4n) is 4.76. The predicted octanol–water partition coefficient (Wildman–Crippen LogP) is 6.36. The Labute approximate surface area is 219 Å². The van der Waals surface area contributed by atoms with Crippen molar-refractivity contribution >= 4 is 23.2 Å². The van der Waals surface area contributed by atoms with Crippen LogP contribution in [0.3, 0.4) is 0 Å². The zero-order valence-electron chi connectivity index (χ0n) is 20.5. The molecule has 0 bridgehead atoms. The van der Waals surface area contributed by atoms with Crippen LogP contribution in [0.15, 0.2) is 72.8 Å². The fraction of sp³-hybridized carbons (Fsp3) is 0.207. The summed E-state index contributed by atoms with van der Waals surface area (Å²) < 4.78 is 35.5. The van der Waals surface area contributed by atoms with Gasteiger partial charge in [-0.15, -0.1) is 0 Å². The molecule has 1 aliphatic rings. The van der Waals surface area contributed by atoms with Crippen molar-refractivity contribution in [2.45, 2.75) is 6.92 Å². The lowest BCUT2D eigenvalue weighted by Crippen LogP contribution is -2.48. The first-order valence-electron chi connectivity index (χ1n) is 12.0. The number of amides is 1. The largest absolute Gasteiger partial charge is 0.497 e. The van der Waals surface area contributed by atoms with Gasteiger partial charge < -0.3 is 19.1 Å². The van der Waals surface area contributed by atoms with E-state index in [1.807, 2.05) is 41.3 Å². The molecule has 0 aliphatic carbocycles. The Hall–Kier alpha value is -3.84. The number of halogens is 3. The summed E-state index contributed by atoms with van der Waals surface area (Å²) in [5.74, 6) is -0.693. The van der Waals surface area contributed by atoms with Crippen molar-refractivity contribution in [1.82, 2.24) is 9.47 Å². The molecule has 0 saturated carbocycles. The molecule has 2 heterocycles. The summed E-state index contributed by atoms with van der Waals surface area (Å²) in [6.07, 6.45) is 0. The lowest BCUT2D eigenvalue weighted by Gasteiger charge is -2.36. The van der Waals surface area contributed by atoms with Crippen LogP contribution in [-0.2, 0) is 0 Å². The molecule has 5 rings (SSSR count). The van der Waals surface area contributed by atoms with Gasteiger partial charge in [0.2, 0.25) is 0 Å². The molecule has 8 heteroatoms. The second kappa shape index (κ2) is 10.3. The topological polar surface area (TPSA) is 37.7 Å². The monoisotopic (exact) mass is 521 g/mol. The van der Waals surface area contributed by atoms with Crippen LogP contribution in [-0.4, -0.2) is 48.7 Å². The Morgan fingerprint density at radius 2 is 1.57 bits per heavy atom. The van der Waals surface area contributed by atoms with Crippen LogP contribution in [0.4, 0.5) is 14.5 Å². The maximum Gasteiger partial charge on any atom is 0.255 e. The van der Waals surface area contributed by atoms with Gasteiger partial charge in [-0.3, -0.25) is 4.79 Å². The first-order valence-corrected chi connectivity index (χ1v) is 12.4. The van der Waals surface area contributed by atoms with E-state index in [4.69, 9.17) is 16.3 Å². The average molecular weight is 522 g/mol. The quantitative estimate of drug-likeness (QED) is 0.307. The van der Waals surface area contributed by atoms with E-state index in [9.17, 15) is 13.6 Å². The SMILES string of the molecule is COc1ccc(N2CCN(C(=O)c3cc(-c4ccc(Cl)cc4)n(-c4ccc(F)cc4F)c3C)CC2)cc1. The second-order valence-corrected chi connectivity index (χ2v) is 9.38. The number of carbonyl (C=O) groups is 1. The van der Waals surface area contributed by atoms with Crippen LogP contribution in [0.1, 0.15) is 16.1 Å². The number of benzene rings is 3. The molecular formula is C29H26ClF2N3O2. The fourth-order valence-corrected chi connectivity index (χ4v) is 4.89. The zero-order valence-corrected chi connectivity index (χ0v) is 21.3. The lowest BCUT2D eigenvalue weighted by molar-refractivity contribution is 0.0746. The molecule has 0 N–H and O–H groups in total. The first-order chi connectivity index (χ1) is 17.9. The van der Waals surface area contributed by atoms with E-state index >= 15 is 0 Å². The molecule has 1 fully saturated rings. The van der Waals surface area contributed by atoms with Gasteiger partial charge in [0.1, 0.15) is 17.4 Å². The minimum absolute atomic E-state index is 0.122. The minimum Gasteiger partial charge on any atom is -0.497 e. The summed E-state index contributed by atoms with van der Waals surface area (Å²) in [4.78, 5) is 17.7. The number of ether oxygens (including phenoxy) is 1. The highest BCUT2D eigenvalue weighted by Crippen LogP contribution is 2.32. The van der Waals surface area contributed by atoms with Crippen molar-refractivity contribution < 1.29 is 18.3 Å². The smallest absolute Gasteiger partial charge is 0.255 e. The van der Waals surface area contributed by atoms with Crippen molar-refractivity contribution in [1.29, 1.82) is 0 Å². The molecule has 0 atom stereocenters. The summed E-state index contributed by atoms with van der Waals surface area (Å²) in [6, 6.07) is 20.2. The molecule has 37 heavy (non-hydrogen) atoms. The van der Waals surface area contributed by atoms with Crippen molar-refractivity contribution in [2.75, 3.05) is 38.2 Å². The third kappa shape index (κ3) is 4.91. The zero-order chi connectivity index (χ0) is 26.1. The summed E-state index contributed by atoms with van der Waals surface area (Å²) in [7, 11) is 1.64. The first kappa shape index (κ1) is 24.8. The molecule has 0 spiro atoms. The summed E-state index contributed by atoms with van der Waals surface area (Å²) in [6.45, 7) is 4.26. The van der Waals surface area contributed by atoms with Crippen LogP contribution in [0.25, 0.3) is 16.9 Å². The van der Waals surface area contributed by atoms with Gasteiger partial charge in [0.25, 0.3) is 5.91 Å². The number of hydrogen-bond donors (Lipinski definition) is 0. The van der Waals surface area contributed by atoms with Gasteiger partial charge in [-0.25, -0.2) is 8.78 Å². The van der Waals surface area contributed by atoms with Crippen LogP contribution < -0.4 is 9.64 Å². The highest BCUT2D eigenvalue weighted by molar-refractivity contribution is 6.30. The number of hydrogen-bond acceptors (Lipinski definition) is 3. The van der Waals surface area contributed by atoms with E-state index < -0.39 is 11.6 Å². The van der Waals surface area contributed by atoms with E-state index in [2.05, 4.69) is 4.90 Å². The molecule has 190 valence electrons. The maximum absolute atomic E-state index is 14.9. The van der Waals surface area contributed by atoms with E-state index in [0.29, 0.717) is 48.2 Å². The number of anilines is 1. The van der Waals surface area contributed by atoms with Crippen LogP contribution in [0, 0.1) is 18.6 Å². The molecule has 1 aromatic heterocycles. The molecule has 1 saturated heterocycles. The maximum atomic E-state index is 14.9. The molecule has 4 aromatic rings. The Bertz CT molecular complexity index is 1430. The Balaban J connectivity index is 1.45. The van der Waals surface area contributed by atoms with Crippen molar-refractivity contribution in [3.8, 4) is 22.7 Å². The van der Waals surface area contributed by atoms with Gasteiger partial charge >= 0.3 is 0 Å². The van der Waals surface area contributed by atoms with Gasteiger partial charge in [-0.05, 0) is 67.1 Å². The third-order valence-electron chi connectivity index (χ3n) is 6.77. The molecule has 1 amide bonds. The van der Waals surface area contributed by atoms with Crippen LogP contribution in [0.5, 0.6) is 5.75 Å². The number of rotatable bonds is 5. The van der Waals surface area contributed by atoms with Gasteiger partial charge in [-0.1, -0.05) is 23.7 Å². The molecule has 1 aliphatic heterocycles. The second-order valence-electron chi connectivity index (χ2n) is 8.94. The minimum atomic E-state index is -0.707. The van der Waals surface area contributed by atoms with Crippen molar-refractivity contribution in [3.63, 3.8) is 0 Å². The van der Waals surface area contributed by atoms with E-state index in [1.54, 1.807) is 36.8 Å². The normalized spacial score (nSPS) is 13.6. The summed E-state index contributed by atoms with van der Waals surface area (Å²) in [5, 5.41) is 0.567. The molecule has 5 nitrogen and oxygen atoms in total. The van der Waals surface area contributed by atoms with E-state index in [1.165, 1.54) is 12.1 Å². The van der Waals surface area contributed by atoms with Crippen LogP contribution in [0.2, 0.25) is 5.02 Å². The van der Waals surface area contributed by atoms with Gasteiger partial charge in [0, 0.05) is 48.6 Å². The highest BCUT2D eigenvalue weighted by atomic mass is 35.5. The third-order valence-corrected chi connectivity index (χ3v) is 7.02. The van der Waals surface area contributed by atoms with Crippen molar-refractivity contribution in [3.05, 3.63) is 101 Å². The number of methoxy groups -OCH3 is 1. The number of aromatic nitrogens is 1. The lowest BCUT2D eigenvalue weighted by atomic mass is 10.1. The Morgan fingerprint density at radius 3 is 2.19 bits per heavy atom. The van der Waals surface area contributed by atoms with Gasteiger partial charge in [0.05, 0.1) is 24.1 Å². The Kier molecular flexibility index (Phi) is 6.89. The van der Waals surface area contributed by atoms with Crippen LogP contribution >= 0.6 is 11.6 Å². The van der Waals surface area contributed by atoms with E-state index in [-0.39, 0.29) is 11.6 Å². The van der Waals surface area contributed by atoms with E-state index in [0.717, 1.165) is 23.1 Å².